The lowest BCUT2D eigenvalue weighted by molar-refractivity contribution is 0.231. The van der Waals surface area contributed by atoms with E-state index < -0.39 is 0 Å². The van der Waals surface area contributed by atoms with Crippen LogP contribution in [0.25, 0.3) is 0 Å². The average molecular weight is 372 g/mol. The highest BCUT2D eigenvalue weighted by molar-refractivity contribution is 14.1. The maximum Gasteiger partial charge on any atom is 0.0234 e. The van der Waals surface area contributed by atoms with E-state index in [0.717, 1.165) is 19.0 Å². The van der Waals surface area contributed by atoms with Gasteiger partial charge in [0.2, 0.25) is 0 Å². The number of benzene rings is 1. The van der Waals surface area contributed by atoms with Crippen molar-refractivity contribution in [1.82, 2.24) is 10.2 Å². The van der Waals surface area contributed by atoms with Crippen LogP contribution in [0.5, 0.6) is 0 Å². The van der Waals surface area contributed by atoms with Crippen molar-refractivity contribution in [1.29, 1.82) is 0 Å². The fourth-order valence-corrected chi connectivity index (χ4v) is 3.04. The van der Waals surface area contributed by atoms with Crippen LogP contribution in [0.4, 0.5) is 0 Å². The van der Waals surface area contributed by atoms with Gasteiger partial charge in [-0.3, -0.25) is 4.90 Å². The van der Waals surface area contributed by atoms with Crippen LogP contribution in [-0.4, -0.2) is 30.6 Å². The van der Waals surface area contributed by atoms with Gasteiger partial charge in [0.15, 0.2) is 0 Å². The van der Waals surface area contributed by atoms with Crippen LogP contribution < -0.4 is 5.32 Å². The Labute approximate surface area is 131 Å². The van der Waals surface area contributed by atoms with E-state index in [4.69, 9.17) is 0 Å². The Morgan fingerprint density at radius 3 is 2.79 bits per heavy atom. The van der Waals surface area contributed by atoms with E-state index in [0.29, 0.717) is 6.04 Å². The van der Waals surface area contributed by atoms with Crippen molar-refractivity contribution in [2.24, 2.45) is 5.92 Å². The predicted octanol–water partition coefficient (Wildman–Crippen LogP) is 3.50. The topological polar surface area (TPSA) is 15.3 Å². The number of nitrogens with one attached hydrogen (secondary N) is 1. The van der Waals surface area contributed by atoms with Gasteiger partial charge in [-0.25, -0.2) is 0 Å². The van der Waals surface area contributed by atoms with Gasteiger partial charge in [-0.05, 0) is 65.7 Å². The van der Waals surface area contributed by atoms with Gasteiger partial charge in [0.05, 0.1) is 0 Å². The Kier molecular flexibility index (Phi) is 6.10. The van der Waals surface area contributed by atoms with Crippen molar-refractivity contribution in [3.8, 4) is 0 Å². The lowest BCUT2D eigenvalue weighted by Gasteiger charge is -2.28. The van der Waals surface area contributed by atoms with Crippen molar-refractivity contribution >= 4 is 22.6 Å². The first-order valence-electron chi connectivity index (χ1n) is 7.39. The molecule has 3 heteroatoms. The van der Waals surface area contributed by atoms with Crippen molar-refractivity contribution in [3.63, 3.8) is 0 Å². The second kappa shape index (κ2) is 7.60. The minimum atomic E-state index is 0.649. The van der Waals surface area contributed by atoms with Gasteiger partial charge in [-0.2, -0.15) is 0 Å². The fraction of sp³-hybridized carbons (Fsp3) is 0.625. The maximum absolute atomic E-state index is 3.71. The summed E-state index contributed by atoms with van der Waals surface area (Å²) in [6.45, 7) is 9.31. The van der Waals surface area contributed by atoms with Gasteiger partial charge in [0.25, 0.3) is 0 Å². The van der Waals surface area contributed by atoms with Gasteiger partial charge in [0.1, 0.15) is 0 Å². The molecule has 1 heterocycles. The molecule has 0 bridgehead atoms. The quantitative estimate of drug-likeness (QED) is 0.814. The van der Waals surface area contributed by atoms with E-state index in [-0.39, 0.29) is 0 Å². The van der Waals surface area contributed by atoms with Crippen LogP contribution in [0.3, 0.4) is 0 Å². The van der Waals surface area contributed by atoms with Crippen LogP contribution in [0.1, 0.15) is 32.3 Å². The summed E-state index contributed by atoms with van der Waals surface area (Å²) in [6.07, 6.45) is 2.52. The Bertz CT molecular complexity index is 377. The molecule has 1 aliphatic rings. The molecule has 1 N–H and O–H groups in total. The van der Waals surface area contributed by atoms with Gasteiger partial charge in [-0.1, -0.05) is 32.4 Å². The molecule has 106 valence electrons. The highest BCUT2D eigenvalue weighted by Crippen LogP contribution is 2.15. The van der Waals surface area contributed by atoms with Crippen molar-refractivity contribution in [3.05, 3.63) is 33.4 Å². The molecule has 2 unspecified atom stereocenters. The van der Waals surface area contributed by atoms with Crippen LogP contribution in [-0.2, 0) is 6.54 Å². The second-order valence-corrected chi connectivity index (χ2v) is 6.91. The van der Waals surface area contributed by atoms with E-state index >= 15 is 0 Å². The summed E-state index contributed by atoms with van der Waals surface area (Å²) < 4.78 is 1.32. The standard InChI is InChI=1S/C16H25IN2/c1-3-13(2)16-12-19(10-4-9-18-16)11-14-5-7-15(17)8-6-14/h5-8,13,16,18H,3-4,9-12H2,1-2H3. The van der Waals surface area contributed by atoms with Crippen LogP contribution in [0.2, 0.25) is 0 Å². The number of hydrogen-bond acceptors (Lipinski definition) is 2. The zero-order valence-electron chi connectivity index (χ0n) is 12.0. The Morgan fingerprint density at radius 2 is 2.11 bits per heavy atom. The van der Waals surface area contributed by atoms with Crippen LogP contribution in [0.15, 0.2) is 24.3 Å². The first kappa shape index (κ1) is 15.3. The van der Waals surface area contributed by atoms with Gasteiger partial charge in [-0.15, -0.1) is 0 Å². The molecule has 2 atom stereocenters. The van der Waals surface area contributed by atoms with Crippen LogP contribution >= 0.6 is 22.6 Å². The van der Waals surface area contributed by atoms with Crippen molar-refractivity contribution in [2.45, 2.75) is 39.3 Å². The summed E-state index contributed by atoms with van der Waals surface area (Å²) in [5.41, 5.74) is 1.44. The highest BCUT2D eigenvalue weighted by atomic mass is 127. The lowest BCUT2D eigenvalue weighted by Crippen LogP contribution is -2.41. The van der Waals surface area contributed by atoms with E-state index in [1.807, 2.05) is 0 Å². The molecule has 0 saturated carbocycles. The average Bonchev–Trinajstić information content (AvgIpc) is 2.66. The molecule has 1 saturated heterocycles. The van der Waals surface area contributed by atoms with E-state index in [1.54, 1.807) is 0 Å². The fourth-order valence-electron chi connectivity index (χ4n) is 2.68. The van der Waals surface area contributed by atoms with Gasteiger partial charge >= 0.3 is 0 Å². The van der Waals surface area contributed by atoms with E-state index in [9.17, 15) is 0 Å². The number of hydrogen-bond donors (Lipinski definition) is 1. The molecule has 1 aromatic carbocycles. The summed E-state index contributed by atoms with van der Waals surface area (Å²) >= 11 is 2.37. The zero-order valence-corrected chi connectivity index (χ0v) is 14.2. The largest absolute Gasteiger partial charge is 0.312 e. The monoisotopic (exact) mass is 372 g/mol. The highest BCUT2D eigenvalue weighted by Gasteiger charge is 2.21. The summed E-state index contributed by atoms with van der Waals surface area (Å²) in [5.74, 6) is 0.761. The molecule has 2 rings (SSSR count). The van der Waals surface area contributed by atoms with Crippen molar-refractivity contribution < 1.29 is 0 Å². The summed E-state index contributed by atoms with van der Waals surface area (Å²) in [5, 5.41) is 3.71. The molecule has 0 aromatic heterocycles. The third-order valence-corrected chi connectivity index (χ3v) is 4.88. The molecule has 1 aliphatic heterocycles. The molecular formula is C16H25IN2. The summed E-state index contributed by atoms with van der Waals surface area (Å²) in [6, 6.07) is 9.59. The first-order chi connectivity index (χ1) is 9.19. The Morgan fingerprint density at radius 1 is 1.37 bits per heavy atom. The molecule has 1 fully saturated rings. The summed E-state index contributed by atoms with van der Waals surface area (Å²) in [7, 11) is 0. The minimum Gasteiger partial charge on any atom is -0.312 e. The molecular weight excluding hydrogens is 347 g/mol. The normalized spacial score (nSPS) is 23.0. The second-order valence-electron chi connectivity index (χ2n) is 5.66. The third kappa shape index (κ3) is 4.72. The number of rotatable bonds is 4. The zero-order chi connectivity index (χ0) is 13.7. The maximum atomic E-state index is 3.71. The number of nitrogens with zero attached hydrogens (tertiary/aromatic N) is 1. The Hall–Kier alpha value is -0.130. The Balaban J connectivity index is 1.96. The van der Waals surface area contributed by atoms with E-state index in [2.05, 4.69) is 70.9 Å². The lowest BCUT2D eigenvalue weighted by atomic mass is 9.99. The van der Waals surface area contributed by atoms with Gasteiger partial charge in [0, 0.05) is 22.7 Å². The molecule has 0 aliphatic carbocycles. The molecule has 0 amide bonds. The number of halogens is 1. The predicted molar refractivity (Wildman–Crippen MR) is 90.3 cm³/mol. The molecule has 0 radical (unpaired) electrons. The third-order valence-electron chi connectivity index (χ3n) is 4.16. The van der Waals surface area contributed by atoms with E-state index in [1.165, 1.54) is 35.1 Å². The molecule has 1 aromatic rings. The minimum absolute atomic E-state index is 0.649. The summed E-state index contributed by atoms with van der Waals surface area (Å²) in [4.78, 5) is 2.61. The molecule has 0 spiro atoms. The smallest absolute Gasteiger partial charge is 0.0234 e. The van der Waals surface area contributed by atoms with Gasteiger partial charge < -0.3 is 5.32 Å². The van der Waals surface area contributed by atoms with Crippen LogP contribution in [0, 0.1) is 9.49 Å². The SMILES string of the molecule is CCC(C)C1CN(Cc2ccc(I)cc2)CCCN1. The molecule has 19 heavy (non-hydrogen) atoms. The molecule has 2 nitrogen and oxygen atoms in total. The first-order valence-corrected chi connectivity index (χ1v) is 8.47. The van der Waals surface area contributed by atoms with Crippen molar-refractivity contribution in [2.75, 3.05) is 19.6 Å².